The highest BCUT2D eigenvalue weighted by atomic mass is 32.2. The molecule has 1 aliphatic rings. The fourth-order valence-electron chi connectivity index (χ4n) is 2.41. The standard InChI is InChI=1S/C12H20N4O3S2/c1-13-12(17)10-5-15(7-11-8-20-9-14-11)3-4-16(6-10)21(2,18)19/h8-10H,3-7H2,1-2H3,(H,13,17)/t10-/m0/s1. The summed E-state index contributed by atoms with van der Waals surface area (Å²) < 4.78 is 25.0. The van der Waals surface area contributed by atoms with Crippen LogP contribution in [0.15, 0.2) is 10.9 Å². The van der Waals surface area contributed by atoms with Crippen molar-refractivity contribution in [1.82, 2.24) is 19.5 Å². The SMILES string of the molecule is CNC(=O)[C@H]1CN(Cc2cscn2)CCN(S(C)(=O)=O)C1. The van der Waals surface area contributed by atoms with Crippen molar-refractivity contribution in [2.75, 3.05) is 39.5 Å². The molecule has 0 saturated carbocycles. The van der Waals surface area contributed by atoms with E-state index in [0.717, 1.165) is 5.69 Å². The third kappa shape index (κ3) is 4.47. The quantitative estimate of drug-likeness (QED) is 0.810. The number of rotatable bonds is 4. The molecule has 1 fully saturated rings. The Labute approximate surface area is 129 Å². The molecule has 7 nitrogen and oxygen atoms in total. The fourth-order valence-corrected chi connectivity index (χ4v) is 3.82. The van der Waals surface area contributed by atoms with Crippen LogP contribution < -0.4 is 5.32 Å². The second kappa shape index (κ2) is 6.82. The number of amides is 1. The number of hydrogen-bond acceptors (Lipinski definition) is 6. The normalized spacial score (nSPS) is 21.9. The number of nitrogens with one attached hydrogen (secondary N) is 1. The Hall–Kier alpha value is -1.03. The summed E-state index contributed by atoms with van der Waals surface area (Å²) >= 11 is 1.53. The number of sulfonamides is 1. The van der Waals surface area contributed by atoms with E-state index in [-0.39, 0.29) is 18.4 Å². The van der Waals surface area contributed by atoms with Gasteiger partial charge >= 0.3 is 0 Å². The predicted molar refractivity (Wildman–Crippen MR) is 81.4 cm³/mol. The van der Waals surface area contributed by atoms with Crippen LogP contribution in [0, 0.1) is 5.92 Å². The van der Waals surface area contributed by atoms with Crippen molar-refractivity contribution in [3.05, 3.63) is 16.6 Å². The molecule has 0 unspecified atom stereocenters. The highest BCUT2D eigenvalue weighted by molar-refractivity contribution is 7.88. The summed E-state index contributed by atoms with van der Waals surface area (Å²) in [5, 5.41) is 4.58. The summed E-state index contributed by atoms with van der Waals surface area (Å²) in [6.45, 7) is 2.39. The first kappa shape index (κ1) is 16.3. The van der Waals surface area contributed by atoms with Crippen molar-refractivity contribution in [3.8, 4) is 0 Å². The number of carbonyl (C=O) groups excluding carboxylic acids is 1. The van der Waals surface area contributed by atoms with E-state index in [9.17, 15) is 13.2 Å². The van der Waals surface area contributed by atoms with Gasteiger partial charge in [0, 0.05) is 45.2 Å². The van der Waals surface area contributed by atoms with E-state index in [1.54, 1.807) is 12.6 Å². The molecule has 0 aliphatic carbocycles. The molecule has 1 atom stereocenters. The number of carbonyl (C=O) groups is 1. The summed E-state index contributed by atoms with van der Waals surface area (Å²) in [6.07, 6.45) is 1.18. The lowest BCUT2D eigenvalue weighted by atomic mass is 10.1. The summed E-state index contributed by atoms with van der Waals surface area (Å²) in [7, 11) is -1.72. The second-order valence-electron chi connectivity index (χ2n) is 5.15. The first-order valence-electron chi connectivity index (χ1n) is 6.66. The lowest BCUT2D eigenvalue weighted by Gasteiger charge is -2.22. The summed E-state index contributed by atoms with van der Waals surface area (Å²) in [6, 6.07) is 0. The summed E-state index contributed by atoms with van der Waals surface area (Å²) in [4.78, 5) is 18.3. The average molecular weight is 332 g/mol. The maximum atomic E-state index is 12.0. The Morgan fingerprint density at radius 1 is 1.48 bits per heavy atom. The highest BCUT2D eigenvalue weighted by Gasteiger charge is 2.31. The Bertz CT molecular complexity index is 573. The number of nitrogens with zero attached hydrogens (tertiary/aromatic N) is 3. The van der Waals surface area contributed by atoms with Gasteiger partial charge in [-0.25, -0.2) is 17.7 Å². The number of thiazole rings is 1. The van der Waals surface area contributed by atoms with Crippen LogP contribution in [0.3, 0.4) is 0 Å². The van der Waals surface area contributed by atoms with Gasteiger partial charge in [0.25, 0.3) is 0 Å². The smallest absolute Gasteiger partial charge is 0.225 e. The zero-order chi connectivity index (χ0) is 15.5. The third-order valence-electron chi connectivity index (χ3n) is 3.52. The Balaban J connectivity index is 2.13. The minimum absolute atomic E-state index is 0.131. The molecule has 2 heterocycles. The van der Waals surface area contributed by atoms with E-state index in [1.807, 2.05) is 5.38 Å². The van der Waals surface area contributed by atoms with Crippen LogP contribution in [0.5, 0.6) is 0 Å². The molecule has 2 rings (SSSR count). The van der Waals surface area contributed by atoms with E-state index >= 15 is 0 Å². The molecule has 1 saturated heterocycles. The molecule has 0 radical (unpaired) electrons. The van der Waals surface area contributed by atoms with Gasteiger partial charge in [-0.15, -0.1) is 11.3 Å². The van der Waals surface area contributed by atoms with Crippen LogP contribution in [-0.4, -0.2) is 68.0 Å². The van der Waals surface area contributed by atoms with Crippen molar-refractivity contribution in [2.24, 2.45) is 5.92 Å². The van der Waals surface area contributed by atoms with Crippen molar-refractivity contribution in [1.29, 1.82) is 0 Å². The van der Waals surface area contributed by atoms with Crippen LogP contribution >= 0.6 is 11.3 Å². The zero-order valence-corrected chi connectivity index (χ0v) is 13.8. The highest BCUT2D eigenvalue weighted by Crippen LogP contribution is 2.15. The van der Waals surface area contributed by atoms with Crippen molar-refractivity contribution < 1.29 is 13.2 Å². The maximum absolute atomic E-state index is 12.0. The van der Waals surface area contributed by atoms with E-state index in [0.29, 0.717) is 26.2 Å². The fraction of sp³-hybridized carbons (Fsp3) is 0.667. The van der Waals surface area contributed by atoms with Gasteiger partial charge in [0.15, 0.2) is 0 Å². The van der Waals surface area contributed by atoms with Crippen LogP contribution in [-0.2, 0) is 21.4 Å². The summed E-state index contributed by atoms with van der Waals surface area (Å²) in [5.74, 6) is -0.500. The van der Waals surface area contributed by atoms with Gasteiger partial charge in [-0.1, -0.05) is 0 Å². The zero-order valence-electron chi connectivity index (χ0n) is 12.2. The third-order valence-corrected chi connectivity index (χ3v) is 5.43. The summed E-state index contributed by atoms with van der Waals surface area (Å²) in [5.41, 5.74) is 2.72. The number of hydrogen-bond donors (Lipinski definition) is 1. The lowest BCUT2D eigenvalue weighted by Crippen LogP contribution is -2.41. The second-order valence-corrected chi connectivity index (χ2v) is 7.85. The first-order valence-corrected chi connectivity index (χ1v) is 9.45. The molecule has 1 amide bonds. The molecule has 9 heteroatoms. The van der Waals surface area contributed by atoms with Gasteiger partial charge in [0.2, 0.25) is 15.9 Å². The van der Waals surface area contributed by atoms with Gasteiger partial charge in [0.05, 0.1) is 23.4 Å². The van der Waals surface area contributed by atoms with E-state index in [1.165, 1.54) is 21.9 Å². The molecule has 0 aromatic carbocycles. The van der Waals surface area contributed by atoms with Crippen LogP contribution in [0.1, 0.15) is 5.69 Å². The lowest BCUT2D eigenvalue weighted by molar-refractivity contribution is -0.125. The maximum Gasteiger partial charge on any atom is 0.225 e. The molecule has 0 spiro atoms. The molecule has 0 bridgehead atoms. The number of aromatic nitrogens is 1. The minimum atomic E-state index is -3.30. The van der Waals surface area contributed by atoms with Gasteiger partial charge in [-0.3, -0.25) is 9.69 Å². The molecule has 118 valence electrons. The molecule has 21 heavy (non-hydrogen) atoms. The molecule has 1 N–H and O–H groups in total. The monoisotopic (exact) mass is 332 g/mol. The van der Waals surface area contributed by atoms with Crippen LogP contribution in [0.25, 0.3) is 0 Å². The van der Waals surface area contributed by atoms with Gasteiger partial charge in [-0.05, 0) is 0 Å². The van der Waals surface area contributed by atoms with E-state index in [2.05, 4.69) is 15.2 Å². The Morgan fingerprint density at radius 3 is 2.81 bits per heavy atom. The molecular weight excluding hydrogens is 312 g/mol. The van der Waals surface area contributed by atoms with Gasteiger partial charge in [0.1, 0.15) is 0 Å². The molecular formula is C12H20N4O3S2. The van der Waals surface area contributed by atoms with Gasteiger partial charge < -0.3 is 5.32 Å². The van der Waals surface area contributed by atoms with Gasteiger partial charge in [-0.2, -0.15) is 0 Å². The van der Waals surface area contributed by atoms with Crippen LogP contribution in [0.4, 0.5) is 0 Å². The molecule has 1 aliphatic heterocycles. The largest absolute Gasteiger partial charge is 0.359 e. The van der Waals surface area contributed by atoms with Crippen LogP contribution in [0.2, 0.25) is 0 Å². The molecule has 1 aromatic rings. The minimum Gasteiger partial charge on any atom is -0.359 e. The first-order chi connectivity index (χ1) is 9.90. The average Bonchev–Trinajstić information content (AvgIpc) is 2.82. The van der Waals surface area contributed by atoms with E-state index < -0.39 is 10.0 Å². The molecule has 1 aromatic heterocycles. The van der Waals surface area contributed by atoms with Crippen molar-refractivity contribution in [2.45, 2.75) is 6.54 Å². The predicted octanol–water partition coefficient (Wildman–Crippen LogP) is -0.417. The Morgan fingerprint density at radius 2 is 2.24 bits per heavy atom. The topological polar surface area (TPSA) is 82.6 Å². The van der Waals surface area contributed by atoms with Crippen molar-refractivity contribution in [3.63, 3.8) is 0 Å². The van der Waals surface area contributed by atoms with E-state index in [4.69, 9.17) is 0 Å². The Kier molecular flexibility index (Phi) is 5.31. The van der Waals surface area contributed by atoms with Crippen molar-refractivity contribution >= 4 is 27.3 Å².